The number of rotatable bonds is 44. The minimum Gasteiger partial charge on any atom is -0.496 e. The van der Waals surface area contributed by atoms with E-state index in [1.165, 1.54) is 44.7 Å². The highest BCUT2D eigenvalue weighted by Gasteiger charge is 2.79. The van der Waals surface area contributed by atoms with E-state index in [-0.39, 0.29) is 78.9 Å². The number of methoxy groups -OCH3 is 2. The van der Waals surface area contributed by atoms with Crippen LogP contribution in [0.5, 0.6) is 5.75 Å². The number of hydrogen-bond acceptors (Lipinski definition) is 32. The van der Waals surface area contributed by atoms with Crippen molar-refractivity contribution in [1.82, 2.24) is 61.9 Å². The van der Waals surface area contributed by atoms with E-state index in [0.29, 0.717) is 98.8 Å². The lowest BCUT2D eigenvalue weighted by Gasteiger charge is -2.63. The maximum atomic E-state index is 15.7. The smallest absolute Gasteiger partial charge is 0.426 e. The van der Waals surface area contributed by atoms with Crippen molar-refractivity contribution in [3.8, 4) is 5.75 Å². The van der Waals surface area contributed by atoms with Crippen LogP contribution in [0.4, 0.5) is 22.1 Å². The predicted molar refractivity (Wildman–Crippen MR) is 488 cm³/mol. The number of carboxylic acid groups (broad SMARTS) is 5. The number of piperidine rings is 1. The predicted octanol–water partition coefficient (Wildman–Crippen LogP) is 2.07. The van der Waals surface area contributed by atoms with Crippen molar-refractivity contribution in [2.75, 3.05) is 94.6 Å². The van der Waals surface area contributed by atoms with Crippen LogP contribution < -0.4 is 64.1 Å². The topological polar surface area (TPSA) is 670 Å². The molecule has 7 heterocycles. The number of carbonyl (C=O) groups is 14. The number of guanidine groups is 1. The highest BCUT2D eigenvalue weighted by molar-refractivity contribution is 8.76. The van der Waals surface area contributed by atoms with E-state index in [4.69, 9.17) is 31.1 Å². The number of aromatic nitrogens is 4. The largest absolute Gasteiger partial charge is 0.496 e. The molecule has 7 aliphatic rings. The van der Waals surface area contributed by atoms with Crippen molar-refractivity contribution < 1.29 is 122 Å². The number of aliphatic carboxylic acids is 5. The Labute approximate surface area is 781 Å². The number of nitrogen functional groups attached to an aromatic ring is 1. The van der Waals surface area contributed by atoms with Crippen LogP contribution in [0.2, 0.25) is 0 Å². The third-order valence-corrected chi connectivity index (χ3v) is 29.5. The Kier molecular flexibility index (Phi) is 32.2. The number of aliphatic hydroxyl groups excluding tert-OH is 1. The van der Waals surface area contributed by atoms with Gasteiger partial charge in [-0.3, -0.25) is 87.9 Å². The van der Waals surface area contributed by atoms with Gasteiger partial charge in [0.2, 0.25) is 17.8 Å². The number of ketones is 3. The summed E-state index contributed by atoms with van der Waals surface area (Å²) >= 11 is 0. The van der Waals surface area contributed by atoms with Crippen LogP contribution in [-0.4, -0.2) is 286 Å². The highest BCUT2D eigenvalue weighted by atomic mass is 33.1. The zero-order valence-electron chi connectivity index (χ0n) is 75.0. The fourth-order valence-electron chi connectivity index (χ4n) is 20.9. The molecule has 2 aliphatic carbocycles. The van der Waals surface area contributed by atoms with E-state index in [2.05, 4.69) is 79.3 Å². The zero-order chi connectivity index (χ0) is 97.9. The van der Waals surface area contributed by atoms with Crippen molar-refractivity contribution in [3.63, 3.8) is 0 Å². The molecule has 2 aromatic heterocycles. The van der Waals surface area contributed by atoms with Gasteiger partial charge in [-0.1, -0.05) is 71.9 Å². The number of benzene rings is 3. The zero-order valence-corrected chi connectivity index (χ0v) is 76.6. The average Bonchev–Trinajstić information content (AvgIpc) is 1.48. The first kappa shape index (κ1) is 101. The summed E-state index contributed by atoms with van der Waals surface area (Å²) < 4.78 is 17.9. The maximum absolute atomic E-state index is 15.7. The number of carbonyl (C=O) groups excluding carboxylic acids is 9. The number of H-pyrrole nitrogens is 1. The van der Waals surface area contributed by atoms with Crippen molar-refractivity contribution >= 4 is 144 Å². The summed E-state index contributed by atoms with van der Waals surface area (Å²) in [5.41, 5.74) is 13.7. The van der Waals surface area contributed by atoms with E-state index in [9.17, 15) is 103 Å². The van der Waals surface area contributed by atoms with Gasteiger partial charge in [-0.05, 0) is 135 Å². The molecule has 12 rings (SSSR count). The Balaban J connectivity index is 0.656. The molecule has 5 aliphatic heterocycles. The number of esters is 1. The molecule has 1 saturated carbocycles. The number of likely N-dealkylation sites (N-methyl/N-ethyl adjacent to an activating group) is 1. The number of hydrazine groups is 1. The van der Waals surface area contributed by atoms with Gasteiger partial charge in [0.15, 0.2) is 34.3 Å². The SMILES string of the molecule is CC[C@]1(O)C[C@H]2CN(CCC3=C(Cc4ccccc43)[C@@](C(=O)OC)(c3cc4c(cc3OC)N(C)[C@H]3[C@@](O)(C(=O)NNC(=O)OCCSSC[C@H](CC(=O)[C@@H](CC(=O)O)NC(=O)[C@@H](CC(=O)O)CC(=O)[C@@H](CCCNC(=N)N)NC(=O)[C@@H](CC(=O)O)CC(=O)CC[C@@H](NC(=O)c5ccc(NCc6cnc7nc(N)[nH]c(=O)c7n6)cc5)C(=O)O)C(=O)O)[C@H](O)[C@]5(CC)C=CCN6CC[C@]43[C@@H]65)C2)C1. The Morgan fingerprint density at radius 2 is 1.44 bits per heavy atom. The van der Waals surface area contributed by atoms with Crippen LogP contribution in [0.1, 0.15) is 155 Å². The van der Waals surface area contributed by atoms with Gasteiger partial charge in [0.25, 0.3) is 17.4 Å². The molecule has 5 amide bonds. The fraction of sp³-hybridized carbons (Fsp3) is 0.522. The van der Waals surface area contributed by atoms with Gasteiger partial charge in [0.05, 0.1) is 93.4 Å². The standard InChI is InChI=1S/C90H113N17O26S2/c1-6-86(129)39-46-40-89(82(127)132-5,57-31-48-12-8-9-13-55(48)56(57)21-26-106(43-46)45-86)59-36-58-63(38-66(59)131-4)105(3)79-88(58)23-27-107-25-11-22-87(7-2,78(88)107)80(125)90(79,130)81(126)103-104-85(128)133-28-29-134-135-44-51(76(121)122)33-65(110)62(37-69(115)116)100-74(119)50(35-68(113)114)32-64(109)60(14-10-24-94-83(91)92)98-73(118)49(34-67(111)112)30-54(108)19-20-61(77(123)124)99-72(117)47-15-17-52(18-16-47)95-41-53-42-96-71-70(97-53)75(120)102-84(93)101-71/h8-9,11-13,15-18,22,36,38,42,46,49-51,60-62,78-80,95,125,129-130H,6-7,10,14,19-21,23-35,37,39-41,43-45H2,1-5H3,(H,98,118)(H,99,117)(H,100,119)(H,103,126)(H,104,128)(H,111,112)(H,113,114)(H,115,116)(H,121,122)(H,123,124)(H4,91,92,94)(H3,93,96,101,102,120)/t46-,49-,50-,51+,60-,61-,62-,78+,79-,80-,86+,87-,88-,89-,90+/m1/s1. The second-order valence-electron chi connectivity index (χ2n) is 35.4. The van der Waals surface area contributed by atoms with Gasteiger partial charge in [0, 0.05) is 122 Å². The van der Waals surface area contributed by atoms with Crippen molar-refractivity contribution in [3.05, 3.63) is 128 Å². The lowest BCUT2D eigenvalue weighted by Crippen LogP contribution is -2.82. The van der Waals surface area contributed by atoms with Gasteiger partial charge < -0.3 is 98.0 Å². The van der Waals surface area contributed by atoms with Crippen LogP contribution >= 0.6 is 21.6 Å². The summed E-state index contributed by atoms with van der Waals surface area (Å²) in [7, 11) is 6.45. The first-order valence-corrected chi connectivity index (χ1v) is 46.8. The van der Waals surface area contributed by atoms with E-state index < -0.39 is 234 Å². The monoisotopic (exact) mass is 1910 g/mol. The number of nitrogens with zero attached hydrogens (tertiary/aromatic N) is 6. The molecular formula is C90H113N17O26S2. The molecule has 2 bridgehead atoms. The highest BCUT2D eigenvalue weighted by Crippen LogP contribution is 2.68. The van der Waals surface area contributed by atoms with Crippen LogP contribution in [0.3, 0.4) is 0 Å². The number of nitrogens with one attached hydrogen (secondary N) is 9. The van der Waals surface area contributed by atoms with Gasteiger partial charge in [-0.2, -0.15) is 4.98 Å². The fourth-order valence-corrected chi connectivity index (χ4v) is 23.1. The summed E-state index contributed by atoms with van der Waals surface area (Å²) in [5.74, 6) is -22.6. The first-order valence-electron chi connectivity index (χ1n) is 44.3. The Morgan fingerprint density at radius 1 is 0.756 bits per heavy atom. The van der Waals surface area contributed by atoms with Gasteiger partial charge in [-0.25, -0.2) is 25.0 Å². The molecular weight excluding hydrogens is 1800 g/mol. The normalized spacial score (nSPS) is 24.1. The second kappa shape index (κ2) is 42.9. The quantitative estimate of drug-likeness (QED) is 0.00505. The minimum absolute atomic E-state index is 0.00893. The first-order chi connectivity index (χ1) is 64.2. The summed E-state index contributed by atoms with van der Waals surface area (Å²) in [5, 5.41) is 109. The number of hydrogen-bond donors (Lipinski definition) is 19. The maximum Gasteiger partial charge on any atom is 0.426 e. The van der Waals surface area contributed by atoms with E-state index >= 15 is 9.59 Å². The summed E-state index contributed by atoms with van der Waals surface area (Å²) in [6.45, 7) is 6.04. The minimum atomic E-state index is -2.73. The number of nitrogens with two attached hydrogens (primary N) is 2. The van der Waals surface area contributed by atoms with Gasteiger partial charge in [-0.15, -0.1) is 0 Å². The molecule has 3 aromatic carbocycles. The summed E-state index contributed by atoms with van der Waals surface area (Å²) in [6.07, 6.45) is -3.02. The van der Waals surface area contributed by atoms with E-state index in [1.807, 2.05) is 50.3 Å². The molecule has 45 heteroatoms. The van der Waals surface area contributed by atoms with Crippen molar-refractivity contribution in [1.29, 1.82) is 5.41 Å². The average molecular weight is 1910 g/mol. The van der Waals surface area contributed by atoms with Crippen LogP contribution in [0.25, 0.3) is 16.7 Å². The molecule has 1 spiro atoms. The number of fused-ring (bicyclic) bond motifs is 6. The van der Waals surface area contributed by atoms with E-state index in [1.54, 1.807) is 11.9 Å². The Morgan fingerprint density at radius 3 is 2.11 bits per heavy atom. The van der Waals surface area contributed by atoms with Crippen LogP contribution in [0, 0.1) is 34.5 Å². The number of aliphatic hydroxyl groups is 3. The molecule has 135 heavy (non-hydrogen) atoms. The molecule has 5 aromatic rings. The van der Waals surface area contributed by atoms with E-state index in [0.717, 1.165) is 43.9 Å². The molecule has 43 nitrogen and oxygen atoms in total. The lowest BCUT2D eigenvalue weighted by atomic mass is 9.47. The number of ether oxygens (including phenoxy) is 3. The molecule has 16 atom stereocenters. The molecule has 3 fully saturated rings. The number of aromatic amines is 1. The number of anilines is 3. The summed E-state index contributed by atoms with van der Waals surface area (Å²) in [4.78, 5) is 223. The van der Waals surface area contributed by atoms with Crippen LogP contribution in [0.15, 0.2) is 89.4 Å². The van der Waals surface area contributed by atoms with Gasteiger partial charge in [0.1, 0.15) is 35.7 Å². The number of carboxylic acids is 5. The summed E-state index contributed by atoms with van der Waals surface area (Å²) in [6, 6.07) is 10.4. The molecule has 21 N–H and O–H groups in total. The third-order valence-electron chi connectivity index (χ3n) is 27.1. The molecule has 726 valence electrons. The van der Waals surface area contributed by atoms with Crippen molar-refractivity contribution in [2.45, 2.75) is 188 Å². The molecule has 0 radical (unpaired) electrons. The Hall–Kier alpha value is -12.7. The number of Topliss-reactive ketones (excluding diaryl/α,β-unsaturated/α-hetero) is 3. The Bertz CT molecular complexity index is 5590. The van der Waals surface area contributed by atoms with Crippen LogP contribution in [-0.2, 0) is 90.8 Å². The number of amides is 5. The molecule has 2 saturated heterocycles. The third kappa shape index (κ3) is 21.8. The van der Waals surface area contributed by atoms with Gasteiger partial charge >= 0.3 is 41.9 Å². The second-order valence-corrected chi connectivity index (χ2v) is 38.1. The lowest BCUT2D eigenvalue weighted by molar-refractivity contribution is -0.204. The van der Waals surface area contributed by atoms with Crippen molar-refractivity contribution in [2.24, 2.45) is 34.8 Å². The molecule has 1 unspecified atom stereocenters.